The van der Waals surface area contributed by atoms with E-state index < -0.39 is 17.7 Å². The second-order valence-electron chi connectivity index (χ2n) is 4.27. The Kier molecular flexibility index (Phi) is 4.53. The maximum Gasteiger partial charge on any atom is 0.416 e. The summed E-state index contributed by atoms with van der Waals surface area (Å²) in [6, 6.07) is 11.2. The molecule has 2 nitrogen and oxygen atoms in total. The first-order valence-electron chi connectivity index (χ1n) is 5.97. The zero-order valence-corrected chi connectivity index (χ0v) is 11.4. The SMILES string of the molecule is O=C(Cc1ccc(C(F)(F)F)cc1Cl)Oc1ccccc1. The quantitative estimate of drug-likeness (QED) is 0.615. The van der Waals surface area contributed by atoms with Crippen molar-refractivity contribution in [3.05, 3.63) is 64.7 Å². The molecule has 0 aliphatic carbocycles. The van der Waals surface area contributed by atoms with Crippen LogP contribution in [0.25, 0.3) is 0 Å². The number of ether oxygens (including phenoxy) is 1. The molecule has 0 saturated heterocycles. The number of carbonyl (C=O) groups excluding carboxylic acids is 1. The highest BCUT2D eigenvalue weighted by Gasteiger charge is 2.31. The third-order valence-corrected chi connectivity index (χ3v) is 3.04. The monoisotopic (exact) mass is 314 g/mol. The highest BCUT2D eigenvalue weighted by molar-refractivity contribution is 6.31. The standard InChI is InChI=1S/C15H10ClF3O2/c16-13-9-11(15(17,18)19)7-6-10(13)8-14(20)21-12-4-2-1-3-5-12/h1-7,9H,8H2. The van der Waals surface area contributed by atoms with Crippen molar-refractivity contribution >= 4 is 17.6 Å². The summed E-state index contributed by atoms with van der Waals surface area (Å²) in [6.45, 7) is 0. The van der Waals surface area contributed by atoms with E-state index >= 15 is 0 Å². The minimum atomic E-state index is -4.47. The zero-order valence-electron chi connectivity index (χ0n) is 10.7. The van der Waals surface area contributed by atoms with Gasteiger partial charge in [0, 0.05) is 5.02 Å². The fourth-order valence-electron chi connectivity index (χ4n) is 1.68. The molecule has 110 valence electrons. The molecule has 21 heavy (non-hydrogen) atoms. The average Bonchev–Trinajstić information content (AvgIpc) is 2.41. The molecule has 0 fully saturated rings. The molecule has 0 aliphatic rings. The van der Waals surface area contributed by atoms with Gasteiger partial charge in [-0.1, -0.05) is 35.9 Å². The summed E-state index contributed by atoms with van der Waals surface area (Å²) >= 11 is 5.77. The molecule has 0 aliphatic heterocycles. The van der Waals surface area contributed by atoms with Crippen LogP contribution in [0.4, 0.5) is 13.2 Å². The van der Waals surface area contributed by atoms with Crippen LogP contribution in [0.1, 0.15) is 11.1 Å². The van der Waals surface area contributed by atoms with Crippen molar-refractivity contribution in [2.24, 2.45) is 0 Å². The van der Waals surface area contributed by atoms with Crippen molar-refractivity contribution in [3.8, 4) is 5.75 Å². The van der Waals surface area contributed by atoms with Gasteiger partial charge in [0.1, 0.15) is 5.75 Å². The number of hydrogen-bond donors (Lipinski definition) is 0. The van der Waals surface area contributed by atoms with Crippen LogP contribution in [0.2, 0.25) is 5.02 Å². The summed E-state index contributed by atoms with van der Waals surface area (Å²) in [4.78, 5) is 11.7. The van der Waals surface area contributed by atoms with E-state index in [4.69, 9.17) is 16.3 Å². The lowest BCUT2D eigenvalue weighted by molar-refractivity contribution is -0.137. The van der Waals surface area contributed by atoms with Crippen molar-refractivity contribution in [2.75, 3.05) is 0 Å². The summed E-state index contributed by atoms with van der Waals surface area (Å²) in [5, 5.41) is -0.116. The second-order valence-corrected chi connectivity index (χ2v) is 4.68. The molecule has 2 aromatic rings. The maximum atomic E-state index is 12.5. The highest BCUT2D eigenvalue weighted by atomic mass is 35.5. The molecule has 0 N–H and O–H groups in total. The number of carbonyl (C=O) groups is 1. The predicted molar refractivity (Wildman–Crippen MR) is 72.2 cm³/mol. The maximum absolute atomic E-state index is 12.5. The van der Waals surface area contributed by atoms with E-state index in [0.29, 0.717) is 5.75 Å². The minimum Gasteiger partial charge on any atom is -0.426 e. The van der Waals surface area contributed by atoms with Crippen LogP contribution in [0.3, 0.4) is 0 Å². The highest BCUT2D eigenvalue weighted by Crippen LogP contribution is 2.32. The summed E-state index contributed by atoms with van der Waals surface area (Å²) in [7, 11) is 0. The van der Waals surface area contributed by atoms with Gasteiger partial charge >= 0.3 is 12.1 Å². The molecule has 2 aromatic carbocycles. The first-order valence-corrected chi connectivity index (χ1v) is 6.35. The molecule has 0 heterocycles. The Bertz CT molecular complexity index is 639. The number of para-hydroxylation sites is 1. The Morgan fingerprint density at radius 2 is 1.76 bits per heavy atom. The van der Waals surface area contributed by atoms with E-state index in [2.05, 4.69) is 0 Å². The van der Waals surface area contributed by atoms with Crippen molar-refractivity contribution in [1.29, 1.82) is 0 Å². The van der Waals surface area contributed by atoms with Gasteiger partial charge < -0.3 is 4.74 Å². The van der Waals surface area contributed by atoms with Crippen molar-refractivity contribution in [2.45, 2.75) is 12.6 Å². The van der Waals surface area contributed by atoms with E-state index in [1.807, 2.05) is 0 Å². The first kappa shape index (κ1) is 15.4. The van der Waals surface area contributed by atoms with Crippen molar-refractivity contribution < 1.29 is 22.7 Å². The zero-order chi connectivity index (χ0) is 15.5. The van der Waals surface area contributed by atoms with Crippen LogP contribution in [0.5, 0.6) is 5.75 Å². The fraction of sp³-hybridized carbons (Fsp3) is 0.133. The average molecular weight is 315 g/mol. The third-order valence-electron chi connectivity index (χ3n) is 2.69. The van der Waals surface area contributed by atoms with E-state index in [1.54, 1.807) is 30.3 Å². The topological polar surface area (TPSA) is 26.3 Å². The van der Waals surface area contributed by atoms with Gasteiger partial charge in [-0.3, -0.25) is 4.79 Å². The lowest BCUT2D eigenvalue weighted by Gasteiger charge is -2.10. The molecule has 2 rings (SSSR count). The number of halogens is 4. The summed E-state index contributed by atoms with van der Waals surface area (Å²) in [5.41, 5.74) is -0.571. The van der Waals surface area contributed by atoms with Crippen LogP contribution in [-0.2, 0) is 17.4 Å². The Balaban J connectivity index is 2.08. The number of alkyl halides is 3. The fourth-order valence-corrected chi connectivity index (χ4v) is 1.93. The van der Waals surface area contributed by atoms with Crippen LogP contribution < -0.4 is 4.74 Å². The molecule has 0 amide bonds. The smallest absolute Gasteiger partial charge is 0.416 e. The molecule has 0 atom stereocenters. The summed E-state index contributed by atoms with van der Waals surface area (Å²) in [5.74, 6) is -0.228. The van der Waals surface area contributed by atoms with Gasteiger partial charge in [0.25, 0.3) is 0 Å². The Hall–Kier alpha value is -2.01. The first-order chi connectivity index (χ1) is 9.86. The molecule has 0 saturated carbocycles. The second kappa shape index (κ2) is 6.18. The molecule has 0 aromatic heterocycles. The lowest BCUT2D eigenvalue weighted by atomic mass is 10.1. The Morgan fingerprint density at radius 1 is 1.10 bits per heavy atom. The third kappa shape index (κ3) is 4.23. The van der Waals surface area contributed by atoms with Crippen LogP contribution >= 0.6 is 11.6 Å². The molecule has 0 unspecified atom stereocenters. The van der Waals surface area contributed by atoms with Crippen LogP contribution in [0.15, 0.2) is 48.5 Å². The van der Waals surface area contributed by atoms with E-state index in [1.165, 1.54) is 6.07 Å². The van der Waals surface area contributed by atoms with Gasteiger partial charge in [-0.15, -0.1) is 0 Å². The summed E-state index contributed by atoms with van der Waals surface area (Å²) < 4.78 is 42.5. The van der Waals surface area contributed by atoms with Crippen LogP contribution in [-0.4, -0.2) is 5.97 Å². The molecule has 0 radical (unpaired) electrons. The van der Waals surface area contributed by atoms with Gasteiger partial charge in [-0.25, -0.2) is 0 Å². The van der Waals surface area contributed by atoms with Gasteiger partial charge in [0.05, 0.1) is 12.0 Å². The normalized spacial score (nSPS) is 11.2. The van der Waals surface area contributed by atoms with E-state index in [9.17, 15) is 18.0 Å². The largest absolute Gasteiger partial charge is 0.426 e. The number of benzene rings is 2. The molecular formula is C15H10ClF3O2. The number of esters is 1. The molecule has 0 bridgehead atoms. The van der Waals surface area contributed by atoms with Crippen LogP contribution in [0, 0.1) is 0 Å². The lowest BCUT2D eigenvalue weighted by Crippen LogP contribution is -2.12. The Labute approximate surface area is 124 Å². The predicted octanol–water partition coefficient (Wildman–Crippen LogP) is 4.51. The molecule has 0 spiro atoms. The van der Waals surface area contributed by atoms with Crippen molar-refractivity contribution in [3.63, 3.8) is 0 Å². The van der Waals surface area contributed by atoms with Gasteiger partial charge in [-0.05, 0) is 29.8 Å². The Morgan fingerprint density at radius 3 is 2.33 bits per heavy atom. The van der Waals surface area contributed by atoms with E-state index in [0.717, 1.165) is 12.1 Å². The summed E-state index contributed by atoms with van der Waals surface area (Å²) in [6.07, 6.45) is -4.67. The number of rotatable bonds is 3. The van der Waals surface area contributed by atoms with Gasteiger partial charge in [-0.2, -0.15) is 13.2 Å². The van der Waals surface area contributed by atoms with E-state index in [-0.39, 0.29) is 17.0 Å². The van der Waals surface area contributed by atoms with Gasteiger partial charge in [0.2, 0.25) is 0 Å². The molecular weight excluding hydrogens is 305 g/mol. The minimum absolute atomic E-state index is 0.116. The molecule has 6 heteroatoms. The number of hydrogen-bond acceptors (Lipinski definition) is 2. The van der Waals surface area contributed by atoms with Crippen molar-refractivity contribution in [1.82, 2.24) is 0 Å². The van der Waals surface area contributed by atoms with Gasteiger partial charge in [0.15, 0.2) is 0 Å².